The molecule has 7 rings (SSSR count). The number of carbonyl (C=O) groups is 4. The molecule has 0 spiro atoms. The third-order valence-electron chi connectivity index (χ3n) is 10.9. The Morgan fingerprint density at radius 3 is 2.48 bits per heavy atom. The standard InChI is InChI=1S/C36H47N7O8S/c1-50-26-15-13-23(14-16-26)30-21-37-43(40-30)25-19-31-32(44)39-36(34(46)41-52(48,49)28-17-18-28)20-24(36)9-5-3-2-4-6-12-29(33(45)42(31)22-25)38-35(47)51-27-10-7-8-11-27/h5,9,13-16,21,24-25,27-29,31H,2-4,6-8,10-12,17-20,22H2,1H3,(H,38,47)(H,39,44)(H,41,46)/b9-5+/t24-,25-,29-,31+,36-/m1/s1. The van der Waals surface area contributed by atoms with Crippen LogP contribution in [0.4, 0.5) is 4.79 Å². The van der Waals surface area contributed by atoms with E-state index in [-0.39, 0.29) is 25.5 Å². The van der Waals surface area contributed by atoms with Gasteiger partial charge in [-0.1, -0.05) is 25.0 Å². The van der Waals surface area contributed by atoms with E-state index in [1.165, 1.54) is 9.70 Å². The number of aromatic nitrogens is 3. The monoisotopic (exact) mass is 737 g/mol. The van der Waals surface area contributed by atoms with E-state index in [2.05, 4.69) is 20.5 Å². The minimum absolute atomic E-state index is 0.0715. The number of benzene rings is 1. The average molecular weight is 738 g/mol. The number of amides is 4. The van der Waals surface area contributed by atoms with Crippen LogP contribution in [0.3, 0.4) is 0 Å². The van der Waals surface area contributed by atoms with Crippen molar-refractivity contribution < 1.29 is 37.1 Å². The summed E-state index contributed by atoms with van der Waals surface area (Å²) in [6, 6.07) is 4.84. The predicted molar refractivity (Wildman–Crippen MR) is 188 cm³/mol. The van der Waals surface area contributed by atoms with Crippen LogP contribution in [0.1, 0.15) is 89.5 Å². The molecule has 2 aliphatic heterocycles. The van der Waals surface area contributed by atoms with Crippen LogP contribution in [0.5, 0.6) is 5.75 Å². The molecule has 2 aromatic rings. The van der Waals surface area contributed by atoms with E-state index in [0.29, 0.717) is 43.5 Å². The number of hydrogen-bond acceptors (Lipinski definition) is 10. The second-order valence-corrected chi connectivity index (χ2v) is 16.7. The lowest BCUT2D eigenvalue weighted by atomic mass is 10.0. The minimum Gasteiger partial charge on any atom is -0.497 e. The molecule has 3 aliphatic carbocycles. The number of rotatable bonds is 8. The normalized spacial score (nSPS) is 29.1. The fourth-order valence-electron chi connectivity index (χ4n) is 7.63. The van der Waals surface area contributed by atoms with Crippen molar-refractivity contribution in [2.24, 2.45) is 5.92 Å². The molecule has 16 heteroatoms. The summed E-state index contributed by atoms with van der Waals surface area (Å²) in [5.74, 6) is -1.51. The third-order valence-corrected chi connectivity index (χ3v) is 12.8. The molecule has 1 aromatic carbocycles. The highest BCUT2D eigenvalue weighted by atomic mass is 32.2. The summed E-state index contributed by atoms with van der Waals surface area (Å²) < 4.78 is 38.8. The molecule has 4 amide bonds. The quantitative estimate of drug-likeness (QED) is 0.340. The summed E-state index contributed by atoms with van der Waals surface area (Å²) in [4.78, 5) is 58.5. The Morgan fingerprint density at radius 1 is 1.00 bits per heavy atom. The summed E-state index contributed by atoms with van der Waals surface area (Å²) in [5.41, 5.74) is -0.0746. The molecule has 0 bridgehead atoms. The molecule has 0 radical (unpaired) electrons. The van der Waals surface area contributed by atoms with Gasteiger partial charge >= 0.3 is 6.09 Å². The number of hydrogen-bond donors (Lipinski definition) is 3. The van der Waals surface area contributed by atoms with Gasteiger partial charge in [-0.25, -0.2) is 13.2 Å². The van der Waals surface area contributed by atoms with Gasteiger partial charge in [-0.15, -0.1) is 0 Å². The Kier molecular flexibility index (Phi) is 10.3. The summed E-state index contributed by atoms with van der Waals surface area (Å²) in [5, 5.41) is 14.3. The molecule has 5 aliphatic rings. The van der Waals surface area contributed by atoms with Crippen LogP contribution in [0.25, 0.3) is 11.3 Å². The van der Waals surface area contributed by atoms with Crippen molar-refractivity contribution in [2.75, 3.05) is 13.7 Å². The topological polar surface area (TPSA) is 191 Å². The summed E-state index contributed by atoms with van der Waals surface area (Å²) >= 11 is 0. The van der Waals surface area contributed by atoms with Gasteiger partial charge in [0.1, 0.15) is 35.2 Å². The zero-order valence-corrected chi connectivity index (χ0v) is 30.2. The minimum atomic E-state index is -3.87. The molecule has 5 atom stereocenters. The number of sulfonamides is 1. The van der Waals surface area contributed by atoms with Crippen molar-refractivity contribution in [2.45, 2.75) is 118 Å². The molecule has 280 valence electrons. The molecule has 15 nitrogen and oxygen atoms in total. The van der Waals surface area contributed by atoms with Crippen molar-refractivity contribution in [3.05, 3.63) is 42.6 Å². The first kappa shape index (κ1) is 35.9. The Balaban J connectivity index is 1.16. The second kappa shape index (κ2) is 14.9. The van der Waals surface area contributed by atoms with Gasteiger partial charge in [0.15, 0.2) is 0 Å². The Bertz CT molecular complexity index is 1800. The van der Waals surface area contributed by atoms with Crippen LogP contribution in [0, 0.1) is 5.92 Å². The molecule has 1 aromatic heterocycles. The summed E-state index contributed by atoms with van der Waals surface area (Å²) in [7, 11) is -2.29. The number of allylic oxidation sites excluding steroid dienone is 1. The van der Waals surface area contributed by atoms with Crippen LogP contribution in [-0.4, -0.2) is 94.8 Å². The maximum absolute atomic E-state index is 14.5. The van der Waals surface area contributed by atoms with E-state index in [1.54, 1.807) is 13.3 Å². The van der Waals surface area contributed by atoms with Crippen molar-refractivity contribution in [1.29, 1.82) is 0 Å². The van der Waals surface area contributed by atoms with Crippen molar-refractivity contribution >= 4 is 33.8 Å². The number of alkyl carbamates (subject to hydrolysis) is 1. The first-order chi connectivity index (χ1) is 25.1. The molecule has 4 fully saturated rings. The Hall–Kier alpha value is -4.47. The largest absolute Gasteiger partial charge is 0.497 e. The maximum atomic E-state index is 14.5. The summed E-state index contributed by atoms with van der Waals surface area (Å²) in [6.07, 6.45) is 12.8. The van der Waals surface area contributed by atoms with Gasteiger partial charge in [-0.3, -0.25) is 19.1 Å². The first-order valence-electron chi connectivity index (χ1n) is 18.4. The van der Waals surface area contributed by atoms with Crippen molar-refractivity contribution in [1.82, 2.24) is 35.2 Å². The number of ether oxygens (including phenoxy) is 2. The van der Waals surface area contributed by atoms with Crippen LogP contribution in [0.2, 0.25) is 0 Å². The first-order valence-corrected chi connectivity index (χ1v) is 20.0. The molecular weight excluding hydrogens is 691 g/mol. The smallest absolute Gasteiger partial charge is 0.408 e. The van der Waals surface area contributed by atoms with Crippen LogP contribution >= 0.6 is 0 Å². The zero-order valence-electron chi connectivity index (χ0n) is 29.4. The maximum Gasteiger partial charge on any atom is 0.408 e. The molecule has 3 saturated carbocycles. The van der Waals surface area contributed by atoms with Crippen LogP contribution < -0.4 is 20.1 Å². The van der Waals surface area contributed by atoms with E-state index < -0.39 is 68.7 Å². The fraction of sp³-hybridized carbons (Fsp3) is 0.611. The van der Waals surface area contributed by atoms with Crippen LogP contribution in [-0.2, 0) is 29.1 Å². The van der Waals surface area contributed by atoms with E-state index in [0.717, 1.165) is 44.1 Å². The number of carbonyl (C=O) groups excluding carboxylic acids is 4. The lowest BCUT2D eigenvalue weighted by Gasteiger charge is -2.30. The number of nitrogens with zero attached hydrogens (tertiary/aromatic N) is 4. The molecular formula is C36H47N7O8S. The van der Waals surface area contributed by atoms with Gasteiger partial charge in [0.05, 0.1) is 24.6 Å². The van der Waals surface area contributed by atoms with E-state index in [1.807, 2.05) is 36.4 Å². The van der Waals surface area contributed by atoms with Gasteiger partial charge in [0.25, 0.3) is 5.91 Å². The van der Waals surface area contributed by atoms with E-state index in [4.69, 9.17) is 14.6 Å². The molecule has 1 saturated heterocycles. The van der Waals surface area contributed by atoms with Gasteiger partial charge < -0.3 is 25.0 Å². The van der Waals surface area contributed by atoms with Crippen molar-refractivity contribution in [3.63, 3.8) is 0 Å². The van der Waals surface area contributed by atoms with Gasteiger partial charge in [0.2, 0.25) is 21.8 Å². The molecule has 3 N–H and O–H groups in total. The predicted octanol–water partition coefficient (Wildman–Crippen LogP) is 3.14. The lowest BCUT2D eigenvalue weighted by Crippen LogP contribution is -2.58. The SMILES string of the molecule is COc1ccc(-c2cnn([C@@H]3C[C@H]4C(=O)N[C@]5(C(=O)NS(=O)(=O)C6CC6)C[C@H]5/C=C/CCCCC[C@@H](NC(=O)OC5CCCC5)C(=O)N4C3)n2)cc1. The molecule has 3 heterocycles. The molecule has 52 heavy (non-hydrogen) atoms. The average Bonchev–Trinajstić information content (AvgIpc) is 3.88. The Morgan fingerprint density at radius 2 is 1.75 bits per heavy atom. The zero-order chi connectivity index (χ0) is 36.5. The summed E-state index contributed by atoms with van der Waals surface area (Å²) in [6.45, 7) is 0.0715. The second-order valence-electron chi connectivity index (χ2n) is 14.7. The highest BCUT2D eigenvalue weighted by molar-refractivity contribution is 7.91. The van der Waals surface area contributed by atoms with E-state index >= 15 is 0 Å². The van der Waals surface area contributed by atoms with Gasteiger partial charge in [-0.05, 0) is 88.5 Å². The van der Waals surface area contributed by atoms with Gasteiger partial charge in [-0.2, -0.15) is 15.0 Å². The third kappa shape index (κ3) is 7.81. The van der Waals surface area contributed by atoms with Crippen molar-refractivity contribution in [3.8, 4) is 17.0 Å². The highest BCUT2D eigenvalue weighted by Gasteiger charge is 2.62. The van der Waals surface area contributed by atoms with Crippen LogP contribution in [0.15, 0.2) is 42.6 Å². The number of fused-ring (bicyclic) bond motifs is 2. The van der Waals surface area contributed by atoms with Gasteiger partial charge in [0, 0.05) is 24.4 Å². The molecule has 0 unspecified atom stereocenters. The fourth-order valence-corrected chi connectivity index (χ4v) is 8.99. The number of nitrogens with one attached hydrogen (secondary N) is 3. The lowest BCUT2D eigenvalue weighted by molar-refractivity contribution is -0.141. The highest BCUT2D eigenvalue weighted by Crippen LogP contribution is 2.46. The Labute approximate surface area is 303 Å². The van der Waals surface area contributed by atoms with E-state index in [9.17, 15) is 27.6 Å². The number of methoxy groups -OCH3 is 1.